The third-order valence-corrected chi connectivity index (χ3v) is 3.54. The second kappa shape index (κ2) is 6.95. The maximum absolute atomic E-state index is 12.0. The van der Waals surface area contributed by atoms with Gasteiger partial charge in [0.2, 0.25) is 0 Å². The number of hydrogen-bond donors (Lipinski definition) is 1. The molecule has 1 N–H and O–H groups in total. The van der Waals surface area contributed by atoms with Gasteiger partial charge in [-0.15, -0.1) is 0 Å². The van der Waals surface area contributed by atoms with Crippen molar-refractivity contribution in [3.63, 3.8) is 0 Å². The summed E-state index contributed by atoms with van der Waals surface area (Å²) in [4.78, 5) is 34.4. The van der Waals surface area contributed by atoms with Crippen molar-refractivity contribution in [3.05, 3.63) is 46.0 Å². The molecule has 0 fully saturated rings. The number of methoxy groups -OCH3 is 2. The van der Waals surface area contributed by atoms with Crippen LogP contribution in [0.15, 0.2) is 30.3 Å². The summed E-state index contributed by atoms with van der Waals surface area (Å²) in [5.74, 6) is -1.24. The zero-order valence-electron chi connectivity index (χ0n) is 13.4. The molecule has 0 spiro atoms. The summed E-state index contributed by atoms with van der Waals surface area (Å²) in [6.07, 6.45) is 0. The van der Waals surface area contributed by atoms with E-state index in [1.807, 2.05) is 0 Å². The van der Waals surface area contributed by atoms with Crippen LogP contribution in [0.1, 0.15) is 17.3 Å². The van der Waals surface area contributed by atoms with Gasteiger partial charge in [-0.3, -0.25) is 10.1 Å². The lowest BCUT2D eigenvalue weighted by Crippen LogP contribution is -2.27. The Morgan fingerprint density at radius 1 is 1.17 bits per heavy atom. The number of nitro benzene ring substituents is 1. The topological polar surface area (TPSA) is 108 Å². The summed E-state index contributed by atoms with van der Waals surface area (Å²) in [5, 5.41) is 15.2. The van der Waals surface area contributed by atoms with Crippen LogP contribution in [0.3, 0.4) is 0 Å². The van der Waals surface area contributed by atoms with Gasteiger partial charge in [0, 0.05) is 11.5 Å². The monoisotopic (exact) mass is 332 g/mol. The molecule has 1 atom stereocenters. The van der Waals surface area contributed by atoms with Crippen molar-refractivity contribution in [2.45, 2.75) is 13.0 Å². The van der Waals surface area contributed by atoms with E-state index in [4.69, 9.17) is 4.74 Å². The summed E-state index contributed by atoms with van der Waals surface area (Å²) < 4.78 is 9.33. The smallest absolute Gasteiger partial charge is 0.338 e. The average Bonchev–Trinajstić information content (AvgIpc) is 2.59. The highest BCUT2D eigenvalue weighted by Gasteiger charge is 2.26. The summed E-state index contributed by atoms with van der Waals surface area (Å²) in [6, 6.07) is 7.00. The number of ether oxygens (including phenoxy) is 2. The molecule has 2 rings (SSSR count). The van der Waals surface area contributed by atoms with Crippen LogP contribution in [0.2, 0.25) is 0 Å². The highest BCUT2D eigenvalue weighted by molar-refractivity contribution is 6.11. The van der Waals surface area contributed by atoms with E-state index in [2.05, 4.69) is 10.1 Å². The molecule has 8 nitrogen and oxygen atoms in total. The predicted molar refractivity (Wildman–Crippen MR) is 87.0 cm³/mol. The van der Waals surface area contributed by atoms with Gasteiger partial charge in [-0.2, -0.15) is 0 Å². The molecule has 2 aromatic rings. The molecule has 0 radical (unpaired) electrons. The molecule has 1 unspecified atom stereocenters. The Morgan fingerprint density at radius 2 is 1.79 bits per heavy atom. The molecular weight excluding hydrogens is 316 g/mol. The van der Waals surface area contributed by atoms with Crippen LogP contribution in [0, 0.1) is 10.1 Å². The standard InChI is InChI=1S/C16H16N2O6/c1-9(15(19)23-2)17-14-11-7-5-4-6-10(11)12(16(20)24-3)8-13(14)18(21)22/h4-9,17H,1-3H3. The zero-order chi connectivity index (χ0) is 17.9. The number of esters is 2. The van der Waals surface area contributed by atoms with Crippen molar-refractivity contribution < 1.29 is 24.0 Å². The number of benzene rings is 2. The number of carbonyl (C=O) groups excluding carboxylic acids is 2. The largest absolute Gasteiger partial charge is 0.467 e. The van der Waals surface area contributed by atoms with Crippen molar-refractivity contribution in [2.24, 2.45) is 0 Å². The molecule has 0 aliphatic heterocycles. The molecule has 8 heteroatoms. The molecule has 0 heterocycles. The van der Waals surface area contributed by atoms with Crippen molar-refractivity contribution in [1.82, 2.24) is 0 Å². The SMILES string of the molecule is COC(=O)c1cc([N+](=O)[O-])c(NC(C)C(=O)OC)c2ccccc12. The van der Waals surface area contributed by atoms with E-state index in [0.29, 0.717) is 10.8 Å². The number of nitrogens with zero attached hydrogens (tertiary/aromatic N) is 1. The summed E-state index contributed by atoms with van der Waals surface area (Å²) in [6.45, 7) is 1.53. The Hall–Kier alpha value is -3.16. The van der Waals surface area contributed by atoms with E-state index in [1.165, 1.54) is 21.1 Å². The van der Waals surface area contributed by atoms with Crippen molar-refractivity contribution in [2.75, 3.05) is 19.5 Å². The molecule has 0 amide bonds. The van der Waals surface area contributed by atoms with Crippen LogP contribution in [-0.2, 0) is 14.3 Å². The van der Waals surface area contributed by atoms with Crippen LogP contribution in [-0.4, -0.2) is 37.1 Å². The van der Waals surface area contributed by atoms with Crippen LogP contribution < -0.4 is 5.32 Å². The van der Waals surface area contributed by atoms with Gasteiger partial charge in [-0.25, -0.2) is 9.59 Å². The Bertz CT molecular complexity index is 818. The number of hydrogen-bond acceptors (Lipinski definition) is 7. The number of nitrogens with one attached hydrogen (secondary N) is 1. The fourth-order valence-corrected chi connectivity index (χ4v) is 2.39. The fourth-order valence-electron chi connectivity index (χ4n) is 2.39. The molecular formula is C16H16N2O6. The van der Waals surface area contributed by atoms with E-state index in [1.54, 1.807) is 24.3 Å². The lowest BCUT2D eigenvalue weighted by atomic mass is 10.0. The molecule has 0 aliphatic rings. The first-order valence-electron chi connectivity index (χ1n) is 7.03. The first-order valence-corrected chi connectivity index (χ1v) is 7.03. The van der Waals surface area contributed by atoms with Crippen molar-refractivity contribution in [3.8, 4) is 0 Å². The van der Waals surface area contributed by atoms with Gasteiger partial charge in [0.15, 0.2) is 0 Å². The highest BCUT2D eigenvalue weighted by atomic mass is 16.6. The molecule has 2 aromatic carbocycles. The van der Waals surface area contributed by atoms with Gasteiger partial charge in [0.1, 0.15) is 11.7 Å². The maximum atomic E-state index is 12.0. The Balaban J connectivity index is 2.73. The van der Waals surface area contributed by atoms with Gasteiger partial charge in [0.05, 0.1) is 24.7 Å². The van der Waals surface area contributed by atoms with Crippen molar-refractivity contribution in [1.29, 1.82) is 0 Å². The first-order chi connectivity index (χ1) is 11.4. The fraction of sp³-hybridized carbons (Fsp3) is 0.250. The number of nitro groups is 1. The number of fused-ring (bicyclic) bond motifs is 1. The van der Waals surface area contributed by atoms with E-state index in [9.17, 15) is 19.7 Å². The van der Waals surface area contributed by atoms with Crippen LogP contribution >= 0.6 is 0 Å². The van der Waals surface area contributed by atoms with Gasteiger partial charge in [-0.05, 0) is 12.3 Å². The number of rotatable bonds is 5. The second-order valence-electron chi connectivity index (χ2n) is 5.00. The molecule has 0 aromatic heterocycles. The maximum Gasteiger partial charge on any atom is 0.338 e. The zero-order valence-corrected chi connectivity index (χ0v) is 13.4. The van der Waals surface area contributed by atoms with Crippen LogP contribution in [0.4, 0.5) is 11.4 Å². The minimum Gasteiger partial charge on any atom is -0.467 e. The summed E-state index contributed by atoms with van der Waals surface area (Å²) in [7, 11) is 2.43. The summed E-state index contributed by atoms with van der Waals surface area (Å²) >= 11 is 0. The molecule has 0 saturated carbocycles. The lowest BCUT2D eigenvalue weighted by molar-refractivity contribution is -0.383. The normalized spacial score (nSPS) is 11.6. The van der Waals surface area contributed by atoms with Gasteiger partial charge >= 0.3 is 11.9 Å². The average molecular weight is 332 g/mol. The van der Waals surface area contributed by atoms with Crippen LogP contribution in [0.5, 0.6) is 0 Å². The third-order valence-electron chi connectivity index (χ3n) is 3.54. The molecule has 0 saturated heterocycles. The predicted octanol–water partition coefficient (Wildman–Crippen LogP) is 2.51. The van der Waals surface area contributed by atoms with Gasteiger partial charge < -0.3 is 14.8 Å². The van der Waals surface area contributed by atoms with E-state index in [0.717, 1.165) is 6.07 Å². The Morgan fingerprint density at radius 3 is 2.33 bits per heavy atom. The lowest BCUT2D eigenvalue weighted by Gasteiger charge is -2.16. The molecule has 0 bridgehead atoms. The minimum atomic E-state index is -0.805. The first kappa shape index (κ1) is 17.2. The minimum absolute atomic E-state index is 0.0797. The number of carbonyl (C=O) groups is 2. The van der Waals surface area contributed by atoms with Crippen LogP contribution in [0.25, 0.3) is 10.8 Å². The Labute approximate surface area is 137 Å². The van der Waals surface area contributed by atoms with E-state index < -0.39 is 22.9 Å². The van der Waals surface area contributed by atoms with Crippen molar-refractivity contribution >= 4 is 34.1 Å². The molecule has 126 valence electrons. The molecule has 0 aliphatic carbocycles. The Kier molecular flexibility index (Phi) is 4.98. The third kappa shape index (κ3) is 3.12. The van der Waals surface area contributed by atoms with E-state index in [-0.39, 0.29) is 16.9 Å². The second-order valence-corrected chi connectivity index (χ2v) is 5.00. The van der Waals surface area contributed by atoms with E-state index >= 15 is 0 Å². The van der Waals surface area contributed by atoms with Gasteiger partial charge in [-0.1, -0.05) is 24.3 Å². The number of anilines is 1. The quantitative estimate of drug-likeness (QED) is 0.509. The summed E-state index contributed by atoms with van der Waals surface area (Å²) in [5.41, 5.74) is -0.109. The van der Waals surface area contributed by atoms with Gasteiger partial charge in [0.25, 0.3) is 5.69 Å². The molecule has 24 heavy (non-hydrogen) atoms. The highest BCUT2D eigenvalue weighted by Crippen LogP contribution is 2.36.